The van der Waals surface area contributed by atoms with E-state index >= 15 is 0 Å². The van der Waals surface area contributed by atoms with Crippen molar-refractivity contribution in [1.82, 2.24) is 0 Å². The predicted octanol–water partition coefficient (Wildman–Crippen LogP) is 3.68. The van der Waals surface area contributed by atoms with Crippen molar-refractivity contribution in [1.29, 1.82) is 0 Å². The predicted molar refractivity (Wildman–Crippen MR) is 99.4 cm³/mol. The van der Waals surface area contributed by atoms with Crippen LogP contribution in [0.5, 0.6) is 0 Å². The number of allylic oxidation sites excluding steroid dienone is 2. The van der Waals surface area contributed by atoms with Crippen LogP contribution in [0, 0.1) is 28.6 Å². The number of carbonyl (C=O) groups is 1. The van der Waals surface area contributed by atoms with Crippen LogP contribution in [0.4, 0.5) is 0 Å². The molecule has 0 saturated heterocycles. The molecular weight excluding hydrogens is 328 g/mol. The molecule has 26 heavy (non-hydrogen) atoms. The summed E-state index contributed by atoms with van der Waals surface area (Å²) in [4.78, 5) is 11.4. The normalized spacial score (nSPS) is 50.2. The fourth-order valence-corrected chi connectivity index (χ4v) is 7.19. The fraction of sp³-hybridized carbons (Fsp3) is 0.773. The van der Waals surface area contributed by atoms with Crippen LogP contribution in [-0.2, 0) is 4.79 Å². The first-order valence-electron chi connectivity index (χ1n) is 10.1. The van der Waals surface area contributed by atoms with Crippen LogP contribution in [0.1, 0.15) is 65.7 Å². The smallest absolute Gasteiger partial charge is 0.306 e. The van der Waals surface area contributed by atoms with Crippen LogP contribution in [0.15, 0.2) is 23.3 Å². The quantitative estimate of drug-likeness (QED) is 0.657. The Morgan fingerprint density at radius 3 is 2.62 bits per heavy atom. The van der Waals surface area contributed by atoms with Crippen molar-refractivity contribution in [3.05, 3.63) is 23.3 Å². The van der Waals surface area contributed by atoms with Gasteiger partial charge < -0.3 is 15.3 Å². The molecule has 2 unspecified atom stereocenters. The second kappa shape index (κ2) is 5.68. The van der Waals surface area contributed by atoms with Gasteiger partial charge in [0.15, 0.2) is 0 Å². The summed E-state index contributed by atoms with van der Waals surface area (Å²) in [5.74, 6) is 0.495. The first kappa shape index (κ1) is 18.2. The fourth-order valence-electron chi connectivity index (χ4n) is 7.19. The molecule has 7 atom stereocenters. The minimum Gasteiger partial charge on any atom is -0.481 e. The zero-order valence-electron chi connectivity index (χ0n) is 16.2. The van der Waals surface area contributed by atoms with Crippen molar-refractivity contribution in [2.24, 2.45) is 28.6 Å². The van der Waals surface area contributed by atoms with Crippen LogP contribution < -0.4 is 0 Å². The molecule has 144 valence electrons. The van der Waals surface area contributed by atoms with E-state index in [0.29, 0.717) is 24.2 Å². The number of hydrogen-bond acceptors (Lipinski definition) is 3. The maximum atomic E-state index is 11.4. The molecule has 0 radical (unpaired) electrons. The van der Waals surface area contributed by atoms with E-state index in [0.717, 1.165) is 37.7 Å². The number of aliphatic carboxylic acids is 1. The first-order chi connectivity index (χ1) is 12.1. The molecule has 0 aliphatic heterocycles. The van der Waals surface area contributed by atoms with Gasteiger partial charge in [0, 0.05) is 5.41 Å². The van der Waals surface area contributed by atoms with E-state index in [-0.39, 0.29) is 23.4 Å². The molecule has 2 saturated carbocycles. The van der Waals surface area contributed by atoms with E-state index in [1.165, 1.54) is 5.57 Å². The van der Waals surface area contributed by atoms with Crippen LogP contribution in [-0.4, -0.2) is 33.0 Å². The second-order valence-corrected chi connectivity index (χ2v) is 9.83. The minimum absolute atomic E-state index is 0.00106. The third kappa shape index (κ3) is 2.31. The van der Waals surface area contributed by atoms with Crippen LogP contribution in [0.2, 0.25) is 0 Å². The molecule has 0 heterocycles. The van der Waals surface area contributed by atoms with Gasteiger partial charge in [0.25, 0.3) is 0 Å². The zero-order valence-corrected chi connectivity index (χ0v) is 16.2. The zero-order chi connectivity index (χ0) is 18.9. The second-order valence-electron chi connectivity index (χ2n) is 9.83. The number of rotatable bonds is 2. The van der Waals surface area contributed by atoms with E-state index in [4.69, 9.17) is 0 Å². The van der Waals surface area contributed by atoms with Crippen LogP contribution in [0.3, 0.4) is 0 Å². The topological polar surface area (TPSA) is 77.8 Å². The maximum absolute atomic E-state index is 11.4. The number of carboxylic acids is 1. The molecule has 4 rings (SSSR count). The van der Waals surface area contributed by atoms with Crippen LogP contribution in [0.25, 0.3) is 0 Å². The van der Waals surface area contributed by atoms with Gasteiger partial charge in [-0.05, 0) is 74.2 Å². The van der Waals surface area contributed by atoms with Crippen molar-refractivity contribution in [2.45, 2.75) is 77.4 Å². The van der Waals surface area contributed by atoms with Gasteiger partial charge in [-0.2, -0.15) is 0 Å². The summed E-state index contributed by atoms with van der Waals surface area (Å²) < 4.78 is 0. The lowest BCUT2D eigenvalue weighted by Crippen LogP contribution is -2.54. The van der Waals surface area contributed by atoms with E-state index in [2.05, 4.69) is 26.0 Å². The Balaban J connectivity index is 1.69. The number of carboxylic acid groups (broad SMARTS) is 1. The molecule has 3 N–H and O–H groups in total. The van der Waals surface area contributed by atoms with Crippen molar-refractivity contribution in [3.63, 3.8) is 0 Å². The molecule has 0 aromatic heterocycles. The van der Waals surface area contributed by atoms with E-state index in [9.17, 15) is 20.1 Å². The Morgan fingerprint density at radius 1 is 1.23 bits per heavy atom. The third-order valence-corrected chi connectivity index (χ3v) is 8.77. The summed E-state index contributed by atoms with van der Waals surface area (Å²) in [6.07, 6.45) is 9.32. The molecule has 4 nitrogen and oxygen atoms in total. The summed E-state index contributed by atoms with van der Waals surface area (Å²) >= 11 is 0. The number of aliphatic hydroxyl groups excluding tert-OH is 1. The van der Waals surface area contributed by atoms with E-state index < -0.39 is 11.6 Å². The summed E-state index contributed by atoms with van der Waals surface area (Å²) in [5, 5.41) is 30.8. The van der Waals surface area contributed by atoms with E-state index in [1.807, 2.05) is 6.92 Å². The molecule has 0 aromatic carbocycles. The molecule has 0 bridgehead atoms. The standard InChI is InChI=1S/C22H32O4/c1-13-11-20(2)14(10-18(13)23)4-5-15-16(20)6-8-21(3)17(15)7-9-22(21,26)12-19(24)25/h4,11,15-18,23,26H,5-10,12H2,1-3H3,(H,24,25)/t15-,16-,17+,18?,20+,21+,22?/m1/s1. The Bertz CT molecular complexity index is 694. The summed E-state index contributed by atoms with van der Waals surface area (Å²) in [6.45, 7) is 6.49. The van der Waals surface area contributed by atoms with Gasteiger partial charge >= 0.3 is 5.97 Å². The van der Waals surface area contributed by atoms with Gasteiger partial charge in [0.05, 0.1) is 18.1 Å². The van der Waals surface area contributed by atoms with Gasteiger partial charge in [-0.15, -0.1) is 0 Å². The Labute approximate surface area is 156 Å². The monoisotopic (exact) mass is 360 g/mol. The van der Waals surface area contributed by atoms with Crippen molar-refractivity contribution >= 4 is 5.97 Å². The number of hydrogen-bond donors (Lipinski definition) is 3. The Kier molecular flexibility index (Phi) is 3.99. The molecule has 0 amide bonds. The molecule has 4 aliphatic rings. The lowest BCUT2D eigenvalue weighted by Gasteiger charge is -2.58. The summed E-state index contributed by atoms with van der Waals surface area (Å²) in [7, 11) is 0. The lowest BCUT2D eigenvalue weighted by molar-refractivity contribution is -0.156. The van der Waals surface area contributed by atoms with Gasteiger partial charge in [-0.25, -0.2) is 0 Å². The number of fused-ring (bicyclic) bond motifs is 5. The molecular formula is C22H32O4. The van der Waals surface area contributed by atoms with Gasteiger partial charge in [-0.3, -0.25) is 4.79 Å². The van der Waals surface area contributed by atoms with E-state index in [1.54, 1.807) is 0 Å². The third-order valence-electron chi connectivity index (χ3n) is 8.77. The summed E-state index contributed by atoms with van der Waals surface area (Å²) in [5.41, 5.74) is 1.07. The highest BCUT2D eigenvalue weighted by Gasteiger charge is 2.63. The van der Waals surface area contributed by atoms with Crippen molar-refractivity contribution < 1.29 is 20.1 Å². The Hall–Kier alpha value is -1.13. The van der Waals surface area contributed by atoms with Gasteiger partial charge in [0.1, 0.15) is 0 Å². The average Bonchev–Trinajstić information content (AvgIpc) is 2.80. The largest absolute Gasteiger partial charge is 0.481 e. The molecule has 0 spiro atoms. The minimum atomic E-state index is -1.08. The first-order valence-corrected chi connectivity index (χ1v) is 10.1. The van der Waals surface area contributed by atoms with Crippen molar-refractivity contribution in [3.8, 4) is 0 Å². The average molecular weight is 360 g/mol. The molecule has 0 aromatic rings. The SMILES string of the molecule is CC1=C[C@@]2(C)C(=CC[C@@H]3[C@H]2CC[C@@]2(C)[C@H]3CCC2(O)CC(=O)O)CC1O. The maximum Gasteiger partial charge on any atom is 0.306 e. The van der Waals surface area contributed by atoms with Gasteiger partial charge in [-0.1, -0.05) is 31.6 Å². The Morgan fingerprint density at radius 2 is 1.92 bits per heavy atom. The lowest BCUT2D eigenvalue weighted by atomic mass is 9.47. The molecule has 4 heteroatoms. The number of aliphatic hydroxyl groups is 2. The highest BCUT2D eigenvalue weighted by molar-refractivity contribution is 5.68. The van der Waals surface area contributed by atoms with Crippen LogP contribution >= 0.6 is 0 Å². The van der Waals surface area contributed by atoms with Crippen molar-refractivity contribution in [2.75, 3.05) is 0 Å². The molecule has 2 fully saturated rings. The highest BCUT2D eigenvalue weighted by Crippen LogP contribution is 2.67. The van der Waals surface area contributed by atoms with Gasteiger partial charge in [0.2, 0.25) is 0 Å². The summed E-state index contributed by atoms with van der Waals surface area (Å²) in [6, 6.07) is 0. The highest BCUT2D eigenvalue weighted by atomic mass is 16.4. The molecule has 4 aliphatic carbocycles.